The summed E-state index contributed by atoms with van der Waals surface area (Å²) in [4.78, 5) is 26.2. The van der Waals surface area contributed by atoms with Gasteiger partial charge in [0.05, 0.1) is 17.4 Å². The molecule has 0 unspecified atom stereocenters. The molecular weight excluding hydrogens is 312 g/mol. The third kappa shape index (κ3) is 4.89. The molecule has 0 atom stereocenters. The monoisotopic (exact) mass is 330 g/mol. The SMILES string of the molecule is CCOC(=O)N1CCC(NC(=O)Cc2ccc(Cl)s2)CC1. The second-order valence-electron chi connectivity index (χ2n) is 4.91. The highest BCUT2D eigenvalue weighted by Crippen LogP contribution is 2.21. The van der Waals surface area contributed by atoms with Crippen LogP contribution in [0, 0.1) is 0 Å². The number of hydrogen-bond donors (Lipinski definition) is 1. The van der Waals surface area contributed by atoms with Crippen molar-refractivity contribution in [1.82, 2.24) is 10.2 Å². The van der Waals surface area contributed by atoms with E-state index in [2.05, 4.69) is 5.32 Å². The largest absolute Gasteiger partial charge is 0.450 e. The van der Waals surface area contributed by atoms with Gasteiger partial charge >= 0.3 is 6.09 Å². The van der Waals surface area contributed by atoms with Crippen molar-refractivity contribution in [3.8, 4) is 0 Å². The fraction of sp³-hybridized carbons (Fsp3) is 0.571. The summed E-state index contributed by atoms with van der Waals surface area (Å²) in [5, 5.41) is 3.01. The lowest BCUT2D eigenvalue weighted by Crippen LogP contribution is -2.47. The van der Waals surface area contributed by atoms with Crippen molar-refractivity contribution in [2.75, 3.05) is 19.7 Å². The molecule has 1 N–H and O–H groups in total. The molecule has 0 bridgehead atoms. The molecular formula is C14H19ClN2O3S. The minimum Gasteiger partial charge on any atom is -0.450 e. The van der Waals surface area contributed by atoms with E-state index in [1.165, 1.54) is 11.3 Å². The van der Waals surface area contributed by atoms with Crippen LogP contribution >= 0.6 is 22.9 Å². The summed E-state index contributed by atoms with van der Waals surface area (Å²) in [5.41, 5.74) is 0. The van der Waals surface area contributed by atoms with Gasteiger partial charge in [-0.05, 0) is 31.9 Å². The molecule has 1 aromatic heterocycles. The molecule has 0 spiro atoms. The zero-order valence-corrected chi connectivity index (χ0v) is 13.5. The molecule has 1 fully saturated rings. The van der Waals surface area contributed by atoms with Crippen LogP contribution in [-0.2, 0) is 16.0 Å². The Balaban J connectivity index is 1.73. The third-order valence-corrected chi connectivity index (χ3v) is 4.58. The smallest absolute Gasteiger partial charge is 0.409 e. The average Bonchev–Trinajstić information content (AvgIpc) is 2.85. The van der Waals surface area contributed by atoms with E-state index in [-0.39, 0.29) is 18.0 Å². The Labute approximate surface area is 133 Å². The van der Waals surface area contributed by atoms with E-state index in [1.54, 1.807) is 17.9 Å². The third-order valence-electron chi connectivity index (χ3n) is 3.35. The summed E-state index contributed by atoms with van der Waals surface area (Å²) in [7, 11) is 0. The highest BCUT2D eigenvalue weighted by Gasteiger charge is 2.24. The van der Waals surface area contributed by atoms with Gasteiger partial charge in [0, 0.05) is 24.0 Å². The normalized spacial score (nSPS) is 15.8. The van der Waals surface area contributed by atoms with Crippen molar-refractivity contribution in [3.63, 3.8) is 0 Å². The van der Waals surface area contributed by atoms with E-state index in [0.29, 0.717) is 30.5 Å². The first-order valence-corrected chi connectivity index (χ1v) is 8.23. The van der Waals surface area contributed by atoms with Crippen LogP contribution in [0.1, 0.15) is 24.6 Å². The molecule has 21 heavy (non-hydrogen) atoms. The number of halogens is 1. The number of ether oxygens (including phenoxy) is 1. The topological polar surface area (TPSA) is 58.6 Å². The van der Waals surface area contributed by atoms with Gasteiger partial charge in [-0.25, -0.2) is 4.79 Å². The van der Waals surface area contributed by atoms with Crippen molar-refractivity contribution in [3.05, 3.63) is 21.3 Å². The van der Waals surface area contributed by atoms with Gasteiger partial charge in [-0.1, -0.05) is 11.6 Å². The van der Waals surface area contributed by atoms with Crippen LogP contribution < -0.4 is 5.32 Å². The second-order valence-corrected chi connectivity index (χ2v) is 6.71. The number of thiophene rings is 1. The van der Waals surface area contributed by atoms with E-state index in [0.717, 1.165) is 17.7 Å². The molecule has 7 heteroatoms. The van der Waals surface area contributed by atoms with Crippen molar-refractivity contribution < 1.29 is 14.3 Å². The van der Waals surface area contributed by atoms with Crippen LogP contribution in [0.15, 0.2) is 12.1 Å². The number of amides is 2. The zero-order chi connectivity index (χ0) is 15.2. The number of likely N-dealkylation sites (tertiary alicyclic amines) is 1. The van der Waals surface area contributed by atoms with Crippen LogP contribution in [-0.4, -0.2) is 42.6 Å². The molecule has 0 aromatic carbocycles. The van der Waals surface area contributed by atoms with Gasteiger partial charge in [-0.2, -0.15) is 0 Å². The lowest BCUT2D eigenvalue weighted by Gasteiger charge is -2.31. The zero-order valence-electron chi connectivity index (χ0n) is 11.9. The highest BCUT2D eigenvalue weighted by atomic mass is 35.5. The minimum absolute atomic E-state index is 0.00287. The number of hydrogen-bond acceptors (Lipinski definition) is 4. The van der Waals surface area contributed by atoms with Crippen molar-refractivity contribution in [1.29, 1.82) is 0 Å². The molecule has 1 aliphatic heterocycles. The standard InChI is InChI=1S/C14H19ClN2O3S/c1-2-20-14(19)17-7-5-10(6-8-17)16-13(18)9-11-3-4-12(15)21-11/h3-4,10H,2,5-9H2,1H3,(H,16,18). The molecule has 0 radical (unpaired) electrons. The molecule has 1 aromatic rings. The van der Waals surface area contributed by atoms with Crippen LogP contribution in [0.25, 0.3) is 0 Å². The Bertz CT molecular complexity index is 498. The van der Waals surface area contributed by atoms with Gasteiger partial charge in [0.25, 0.3) is 0 Å². The van der Waals surface area contributed by atoms with Gasteiger partial charge in [-0.3, -0.25) is 4.79 Å². The van der Waals surface area contributed by atoms with E-state index in [9.17, 15) is 9.59 Å². The van der Waals surface area contributed by atoms with Gasteiger partial charge in [0.2, 0.25) is 5.91 Å². The molecule has 0 saturated carbocycles. The molecule has 2 heterocycles. The predicted octanol–water partition coefficient (Wildman–Crippen LogP) is 2.68. The number of carbonyl (C=O) groups is 2. The summed E-state index contributed by atoms with van der Waals surface area (Å²) >= 11 is 7.27. The number of rotatable bonds is 4. The fourth-order valence-electron chi connectivity index (χ4n) is 2.30. The molecule has 2 amide bonds. The Morgan fingerprint density at radius 1 is 1.43 bits per heavy atom. The number of nitrogens with one attached hydrogen (secondary N) is 1. The summed E-state index contributed by atoms with van der Waals surface area (Å²) in [6.07, 6.45) is 1.61. The molecule has 1 aliphatic rings. The van der Waals surface area contributed by atoms with Crippen molar-refractivity contribution in [2.45, 2.75) is 32.2 Å². The van der Waals surface area contributed by atoms with Crippen LogP contribution in [0.2, 0.25) is 4.34 Å². The first-order chi connectivity index (χ1) is 10.1. The Morgan fingerprint density at radius 2 is 2.14 bits per heavy atom. The quantitative estimate of drug-likeness (QED) is 0.923. The van der Waals surface area contributed by atoms with Crippen LogP contribution in [0.4, 0.5) is 4.79 Å². The number of carbonyl (C=O) groups excluding carboxylic acids is 2. The van der Waals surface area contributed by atoms with Gasteiger partial charge in [0.15, 0.2) is 0 Å². The van der Waals surface area contributed by atoms with E-state index < -0.39 is 0 Å². The van der Waals surface area contributed by atoms with Gasteiger partial charge < -0.3 is 15.0 Å². The first kappa shape index (κ1) is 16.1. The Morgan fingerprint density at radius 3 is 2.71 bits per heavy atom. The summed E-state index contributed by atoms with van der Waals surface area (Å²) in [6, 6.07) is 3.79. The predicted molar refractivity (Wildman–Crippen MR) is 82.8 cm³/mol. The molecule has 2 rings (SSSR count). The summed E-state index contributed by atoms with van der Waals surface area (Å²) in [6.45, 7) is 3.42. The average molecular weight is 331 g/mol. The maximum absolute atomic E-state index is 12.0. The maximum atomic E-state index is 12.0. The van der Waals surface area contributed by atoms with Gasteiger partial charge in [0.1, 0.15) is 0 Å². The number of piperidine rings is 1. The van der Waals surface area contributed by atoms with Crippen molar-refractivity contribution >= 4 is 34.9 Å². The number of nitrogens with zero attached hydrogens (tertiary/aromatic N) is 1. The lowest BCUT2D eigenvalue weighted by molar-refractivity contribution is -0.121. The lowest BCUT2D eigenvalue weighted by atomic mass is 10.1. The highest BCUT2D eigenvalue weighted by molar-refractivity contribution is 7.16. The molecule has 0 aliphatic carbocycles. The molecule has 5 nitrogen and oxygen atoms in total. The van der Waals surface area contributed by atoms with E-state index in [4.69, 9.17) is 16.3 Å². The first-order valence-electron chi connectivity index (χ1n) is 7.03. The van der Waals surface area contributed by atoms with E-state index in [1.807, 2.05) is 6.07 Å². The molecule has 116 valence electrons. The molecule has 1 saturated heterocycles. The van der Waals surface area contributed by atoms with Crippen LogP contribution in [0.3, 0.4) is 0 Å². The van der Waals surface area contributed by atoms with E-state index >= 15 is 0 Å². The van der Waals surface area contributed by atoms with Gasteiger partial charge in [-0.15, -0.1) is 11.3 Å². The fourth-order valence-corrected chi connectivity index (χ4v) is 3.39. The second kappa shape index (κ2) is 7.66. The minimum atomic E-state index is -0.268. The maximum Gasteiger partial charge on any atom is 0.409 e. The Hall–Kier alpha value is -1.27. The summed E-state index contributed by atoms with van der Waals surface area (Å²) < 4.78 is 5.66. The Kier molecular flexibility index (Phi) is 5.87. The van der Waals surface area contributed by atoms with Crippen molar-refractivity contribution in [2.24, 2.45) is 0 Å². The van der Waals surface area contributed by atoms with Crippen LogP contribution in [0.5, 0.6) is 0 Å². The summed E-state index contributed by atoms with van der Waals surface area (Å²) in [5.74, 6) is 0.00287.